The van der Waals surface area contributed by atoms with Crippen molar-refractivity contribution in [3.05, 3.63) is 0 Å². The lowest BCUT2D eigenvalue weighted by Gasteiger charge is -2.34. The van der Waals surface area contributed by atoms with Gasteiger partial charge in [-0.2, -0.15) is 0 Å². The van der Waals surface area contributed by atoms with E-state index < -0.39 is 0 Å². The van der Waals surface area contributed by atoms with E-state index in [1.54, 1.807) is 0 Å². The highest BCUT2D eigenvalue weighted by Crippen LogP contribution is 2.30. The number of nitrogens with zero attached hydrogens (tertiary/aromatic N) is 1. The molecule has 2 aliphatic rings. The van der Waals surface area contributed by atoms with E-state index in [4.69, 9.17) is 0 Å². The van der Waals surface area contributed by atoms with Gasteiger partial charge >= 0.3 is 0 Å². The number of nitrogens with one attached hydrogen (secondary N) is 1. The van der Waals surface area contributed by atoms with E-state index in [0.29, 0.717) is 0 Å². The lowest BCUT2D eigenvalue weighted by Crippen LogP contribution is -2.44. The highest BCUT2D eigenvalue weighted by Gasteiger charge is 2.21. The van der Waals surface area contributed by atoms with Crippen LogP contribution in [0.4, 0.5) is 0 Å². The van der Waals surface area contributed by atoms with Crippen LogP contribution in [-0.4, -0.2) is 37.6 Å². The van der Waals surface area contributed by atoms with Crippen molar-refractivity contribution in [2.24, 2.45) is 11.8 Å². The van der Waals surface area contributed by atoms with Gasteiger partial charge in [-0.3, -0.25) is 0 Å². The van der Waals surface area contributed by atoms with E-state index in [2.05, 4.69) is 24.2 Å². The van der Waals surface area contributed by atoms with Crippen molar-refractivity contribution < 1.29 is 0 Å². The maximum atomic E-state index is 3.44. The molecule has 2 nitrogen and oxygen atoms in total. The molecule has 0 radical (unpaired) electrons. The fourth-order valence-corrected chi connectivity index (χ4v) is 3.48. The highest BCUT2D eigenvalue weighted by molar-refractivity contribution is 4.78. The van der Waals surface area contributed by atoms with Gasteiger partial charge in [-0.1, -0.05) is 32.6 Å². The lowest BCUT2D eigenvalue weighted by molar-refractivity contribution is 0.170. The Balaban J connectivity index is 1.64. The maximum Gasteiger partial charge on any atom is 0.0192 e. The molecular weight excluding hydrogens is 208 g/mol. The predicted molar refractivity (Wildman–Crippen MR) is 74.3 cm³/mol. The monoisotopic (exact) mass is 238 g/mol. The molecule has 1 N–H and O–H groups in total. The summed E-state index contributed by atoms with van der Waals surface area (Å²) in [6.07, 6.45) is 10.1. The number of rotatable bonds is 4. The minimum atomic E-state index is 0.745. The Morgan fingerprint density at radius 1 is 1.12 bits per heavy atom. The van der Waals surface area contributed by atoms with Crippen molar-refractivity contribution >= 4 is 0 Å². The molecule has 1 saturated carbocycles. The van der Waals surface area contributed by atoms with E-state index in [-0.39, 0.29) is 0 Å². The lowest BCUT2D eigenvalue weighted by atomic mass is 9.81. The zero-order valence-corrected chi connectivity index (χ0v) is 11.8. The molecule has 0 aromatic rings. The Kier molecular flexibility index (Phi) is 5.30. The molecule has 1 saturated heterocycles. The summed E-state index contributed by atoms with van der Waals surface area (Å²) in [5.41, 5.74) is 0. The number of likely N-dealkylation sites (N-methyl/N-ethyl adjacent to an activating group) is 1. The van der Waals surface area contributed by atoms with Crippen LogP contribution in [0.2, 0.25) is 0 Å². The molecule has 100 valence electrons. The van der Waals surface area contributed by atoms with Crippen molar-refractivity contribution in [3.8, 4) is 0 Å². The molecule has 0 amide bonds. The molecule has 1 heterocycles. The maximum absolute atomic E-state index is 3.44. The Morgan fingerprint density at radius 2 is 1.88 bits per heavy atom. The minimum Gasteiger partial charge on any atom is -0.316 e. The average Bonchev–Trinajstić information content (AvgIpc) is 2.38. The van der Waals surface area contributed by atoms with Crippen LogP contribution in [-0.2, 0) is 0 Å². The predicted octanol–water partition coefficient (Wildman–Crippen LogP) is 2.89. The topological polar surface area (TPSA) is 15.3 Å². The smallest absolute Gasteiger partial charge is 0.0192 e. The zero-order valence-electron chi connectivity index (χ0n) is 11.8. The SMILES string of the molecule is CNC1CCCN(CCC2CCC(C)CC2)C1. The summed E-state index contributed by atoms with van der Waals surface area (Å²) in [6.45, 7) is 6.37. The van der Waals surface area contributed by atoms with Crippen LogP contribution in [0, 0.1) is 11.8 Å². The van der Waals surface area contributed by atoms with Gasteiger partial charge in [0, 0.05) is 12.6 Å². The first kappa shape index (κ1) is 13.4. The van der Waals surface area contributed by atoms with Crippen LogP contribution in [0.3, 0.4) is 0 Å². The summed E-state index contributed by atoms with van der Waals surface area (Å²) in [5, 5.41) is 3.44. The molecule has 17 heavy (non-hydrogen) atoms. The molecule has 0 bridgehead atoms. The van der Waals surface area contributed by atoms with Gasteiger partial charge in [-0.15, -0.1) is 0 Å². The van der Waals surface area contributed by atoms with Crippen LogP contribution < -0.4 is 5.32 Å². The molecule has 2 fully saturated rings. The minimum absolute atomic E-state index is 0.745. The number of piperidine rings is 1. The Labute approximate surface area is 107 Å². The van der Waals surface area contributed by atoms with Gasteiger partial charge in [0.2, 0.25) is 0 Å². The Hall–Kier alpha value is -0.0800. The quantitative estimate of drug-likeness (QED) is 0.810. The zero-order chi connectivity index (χ0) is 12.1. The molecule has 1 atom stereocenters. The van der Waals surface area contributed by atoms with E-state index in [1.165, 1.54) is 64.6 Å². The van der Waals surface area contributed by atoms with Crippen molar-refractivity contribution in [1.82, 2.24) is 10.2 Å². The summed E-state index contributed by atoms with van der Waals surface area (Å²) in [4.78, 5) is 2.68. The van der Waals surface area contributed by atoms with Gasteiger partial charge in [0.1, 0.15) is 0 Å². The van der Waals surface area contributed by atoms with Crippen LogP contribution in [0.15, 0.2) is 0 Å². The third kappa shape index (κ3) is 4.26. The van der Waals surface area contributed by atoms with E-state index in [9.17, 15) is 0 Å². The summed E-state index contributed by atoms with van der Waals surface area (Å²) >= 11 is 0. The second-order valence-electron chi connectivity index (χ2n) is 6.34. The van der Waals surface area contributed by atoms with Gasteiger partial charge < -0.3 is 10.2 Å². The Morgan fingerprint density at radius 3 is 2.59 bits per heavy atom. The van der Waals surface area contributed by atoms with Gasteiger partial charge in [-0.05, 0) is 51.2 Å². The second kappa shape index (κ2) is 6.75. The third-order valence-corrected chi connectivity index (χ3v) is 4.90. The Bertz CT molecular complexity index is 209. The first-order chi connectivity index (χ1) is 8.28. The number of likely N-dealkylation sites (tertiary alicyclic amines) is 1. The third-order valence-electron chi connectivity index (χ3n) is 4.90. The fraction of sp³-hybridized carbons (Fsp3) is 1.00. The first-order valence-corrected chi connectivity index (χ1v) is 7.67. The molecule has 1 aliphatic carbocycles. The molecule has 2 rings (SSSR count). The molecule has 1 unspecified atom stereocenters. The largest absolute Gasteiger partial charge is 0.316 e. The van der Waals surface area contributed by atoms with E-state index in [1.807, 2.05) is 0 Å². The first-order valence-electron chi connectivity index (χ1n) is 7.67. The fourth-order valence-electron chi connectivity index (χ4n) is 3.48. The van der Waals surface area contributed by atoms with Crippen molar-refractivity contribution in [3.63, 3.8) is 0 Å². The van der Waals surface area contributed by atoms with Crippen molar-refractivity contribution in [2.75, 3.05) is 26.7 Å². The molecule has 2 heteroatoms. The number of hydrogen-bond donors (Lipinski definition) is 1. The average molecular weight is 238 g/mol. The van der Waals surface area contributed by atoms with Gasteiger partial charge in [0.05, 0.1) is 0 Å². The van der Waals surface area contributed by atoms with Gasteiger partial charge in [-0.25, -0.2) is 0 Å². The molecular formula is C15H30N2. The van der Waals surface area contributed by atoms with Crippen LogP contribution in [0.1, 0.15) is 51.9 Å². The van der Waals surface area contributed by atoms with Gasteiger partial charge in [0.25, 0.3) is 0 Å². The summed E-state index contributed by atoms with van der Waals surface area (Å²) in [6, 6.07) is 0.745. The summed E-state index contributed by atoms with van der Waals surface area (Å²) in [5.74, 6) is 2.02. The second-order valence-corrected chi connectivity index (χ2v) is 6.34. The summed E-state index contributed by atoms with van der Waals surface area (Å²) < 4.78 is 0. The molecule has 1 aliphatic heterocycles. The van der Waals surface area contributed by atoms with Crippen LogP contribution >= 0.6 is 0 Å². The van der Waals surface area contributed by atoms with E-state index >= 15 is 0 Å². The molecule has 0 aromatic carbocycles. The normalized spacial score (nSPS) is 36.0. The molecule has 0 aromatic heterocycles. The van der Waals surface area contributed by atoms with Crippen molar-refractivity contribution in [1.29, 1.82) is 0 Å². The number of hydrogen-bond acceptors (Lipinski definition) is 2. The summed E-state index contributed by atoms with van der Waals surface area (Å²) in [7, 11) is 2.11. The van der Waals surface area contributed by atoms with Gasteiger partial charge in [0.15, 0.2) is 0 Å². The molecule has 0 spiro atoms. The van der Waals surface area contributed by atoms with Crippen molar-refractivity contribution in [2.45, 2.75) is 57.9 Å². The standard InChI is InChI=1S/C15H30N2/c1-13-5-7-14(8-6-13)9-11-17-10-3-4-15(12-17)16-2/h13-16H,3-12H2,1-2H3. The van der Waals surface area contributed by atoms with Crippen LogP contribution in [0.5, 0.6) is 0 Å². The highest BCUT2D eigenvalue weighted by atomic mass is 15.2. The van der Waals surface area contributed by atoms with Crippen LogP contribution in [0.25, 0.3) is 0 Å². The van der Waals surface area contributed by atoms with E-state index in [0.717, 1.165) is 17.9 Å².